The van der Waals surface area contributed by atoms with Crippen LogP contribution < -0.4 is 0 Å². The Morgan fingerprint density at radius 1 is 1.17 bits per heavy atom. The number of benzene rings is 1. The molecular formula is C14H14O4. The molecule has 1 aliphatic carbocycles. The highest BCUT2D eigenvalue weighted by atomic mass is 16.6. The quantitative estimate of drug-likeness (QED) is 0.657. The maximum Gasteiger partial charge on any atom is 0.339 e. The minimum absolute atomic E-state index is 0.109. The van der Waals surface area contributed by atoms with Gasteiger partial charge in [0.1, 0.15) is 12.7 Å². The summed E-state index contributed by atoms with van der Waals surface area (Å²) >= 11 is 0. The van der Waals surface area contributed by atoms with Gasteiger partial charge >= 0.3 is 11.9 Å². The predicted molar refractivity (Wildman–Crippen MR) is 63.7 cm³/mol. The van der Waals surface area contributed by atoms with E-state index in [9.17, 15) is 9.59 Å². The van der Waals surface area contributed by atoms with Crippen molar-refractivity contribution >= 4 is 11.9 Å². The molecule has 0 saturated heterocycles. The minimum atomic E-state index is -0.434. The van der Waals surface area contributed by atoms with Crippen molar-refractivity contribution in [2.75, 3.05) is 6.61 Å². The molecule has 1 heterocycles. The lowest BCUT2D eigenvalue weighted by Crippen LogP contribution is -2.31. The molecule has 18 heavy (non-hydrogen) atoms. The highest BCUT2D eigenvalue weighted by Gasteiger charge is 2.34. The van der Waals surface area contributed by atoms with E-state index in [0.29, 0.717) is 17.0 Å². The average Bonchev–Trinajstić information content (AvgIpc) is 2.32. The van der Waals surface area contributed by atoms with Crippen LogP contribution in [0.5, 0.6) is 0 Å². The van der Waals surface area contributed by atoms with Crippen LogP contribution >= 0.6 is 0 Å². The number of esters is 2. The Morgan fingerprint density at radius 2 is 1.94 bits per heavy atom. The van der Waals surface area contributed by atoms with Crippen LogP contribution in [0, 0.1) is 0 Å². The number of carbonyl (C=O) groups excluding carboxylic acids is 2. The highest BCUT2D eigenvalue weighted by molar-refractivity contribution is 6.05. The molecule has 2 aliphatic rings. The summed E-state index contributed by atoms with van der Waals surface area (Å²) in [5.41, 5.74) is 2.81. The third kappa shape index (κ3) is 1.52. The van der Waals surface area contributed by atoms with Crippen LogP contribution in [0.2, 0.25) is 0 Å². The van der Waals surface area contributed by atoms with Gasteiger partial charge in [-0.05, 0) is 36.5 Å². The summed E-state index contributed by atoms with van der Waals surface area (Å²) in [7, 11) is 0. The zero-order chi connectivity index (χ0) is 12.9. The van der Waals surface area contributed by atoms with E-state index in [2.05, 4.69) is 6.92 Å². The summed E-state index contributed by atoms with van der Waals surface area (Å²) < 4.78 is 10.4. The second-order valence-corrected chi connectivity index (χ2v) is 4.98. The molecule has 3 rings (SSSR count). The Bertz CT molecular complexity index is 547. The van der Waals surface area contributed by atoms with E-state index in [0.717, 1.165) is 17.5 Å². The van der Waals surface area contributed by atoms with Crippen LogP contribution in [0.3, 0.4) is 0 Å². The number of ether oxygens (including phenoxy) is 2. The molecule has 1 aliphatic heterocycles. The smallest absolute Gasteiger partial charge is 0.339 e. The van der Waals surface area contributed by atoms with Crippen LogP contribution in [0.4, 0.5) is 0 Å². The van der Waals surface area contributed by atoms with Crippen LogP contribution in [0.15, 0.2) is 12.1 Å². The fraction of sp³-hybridized carbons (Fsp3) is 0.429. The summed E-state index contributed by atoms with van der Waals surface area (Å²) in [6.07, 6.45) is 0.415. The van der Waals surface area contributed by atoms with Gasteiger partial charge < -0.3 is 9.47 Å². The van der Waals surface area contributed by atoms with Gasteiger partial charge in [0.05, 0.1) is 11.1 Å². The predicted octanol–water partition coefficient (Wildman–Crippen LogP) is 2.06. The monoisotopic (exact) mass is 246 g/mol. The molecule has 2 unspecified atom stereocenters. The maximum atomic E-state index is 12.1. The first kappa shape index (κ1) is 11.3. The summed E-state index contributed by atoms with van der Waals surface area (Å²) in [5.74, 6) is -0.397. The molecule has 0 aromatic heterocycles. The molecule has 0 spiro atoms. The summed E-state index contributed by atoms with van der Waals surface area (Å²) in [6.45, 7) is 3.93. The Balaban J connectivity index is 2.15. The largest absolute Gasteiger partial charge is 0.458 e. The van der Waals surface area contributed by atoms with E-state index in [1.807, 2.05) is 6.07 Å². The molecule has 4 nitrogen and oxygen atoms in total. The molecule has 0 amide bonds. The first-order valence-corrected chi connectivity index (χ1v) is 6.11. The van der Waals surface area contributed by atoms with Gasteiger partial charge in [-0.15, -0.1) is 0 Å². The number of hydrogen-bond donors (Lipinski definition) is 0. The van der Waals surface area contributed by atoms with Crippen molar-refractivity contribution in [2.45, 2.75) is 32.3 Å². The molecule has 0 N–H and O–H groups in total. The zero-order valence-electron chi connectivity index (χ0n) is 10.4. The molecule has 0 fully saturated rings. The lowest BCUT2D eigenvalue weighted by atomic mass is 9.75. The first-order chi connectivity index (χ1) is 8.58. The number of carbonyl (C=O) groups is 2. The van der Waals surface area contributed by atoms with Crippen LogP contribution in [-0.2, 0) is 15.9 Å². The van der Waals surface area contributed by atoms with Crippen LogP contribution in [-0.4, -0.2) is 24.6 Å². The Labute approximate surface area is 105 Å². The molecule has 1 aromatic carbocycles. The maximum absolute atomic E-state index is 12.1. The van der Waals surface area contributed by atoms with Crippen molar-refractivity contribution < 1.29 is 19.1 Å². The first-order valence-electron chi connectivity index (χ1n) is 6.11. The minimum Gasteiger partial charge on any atom is -0.458 e. The van der Waals surface area contributed by atoms with Crippen molar-refractivity contribution in [3.05, 3.63) is 34.4 Å². The number of rotatable bonds is 0. The van der Waals surface area contributed by atoms with Gasteiger partial charge in [0, 0.05) is 0 Å². The highest BCUT2D eigenvalue weighted by Crippen LogP contribution is 2.39. The van der Waals surface area contributed by atoms with E-state index in [4.69, 9.17) is 9.47 Å². The van der Waals surface area contributed by atoms with Gasteiger partial charge in [0.15, 0.2) is 0 Å². The third-order valence-corrected chi connectivity index (χ3v) is 3.57. The molecule has 0 saturated carbocycles. The fourth-order valence-electron chi connectivity index (χ4n) is 2.58. The normalized spacial score (nSPS) is 25.9. The van der Waals surface area contributed by atoms with Gasteiger partial charge in [0.2, 0.25) is 0 Å². The Hall–Kier alpha value is -1.84. The van der Waals surface area contributed by atoms with E-state index in [-0.39, 0.29) is 6.61 Å². The average molecular weight is 246 g/mol. The summed E-state index contributed by atoms with van der Waals surface area (Å²) in [4.78, 5) is 24.0. The number of fused-ring (bicyclic) bond motifs is 3. The van der Waals surface area contributed by atoms with Crippen molar-refractivity contribution in [1.82, 2.24) is 0 Å². The Kier molecular flexibility index (Phi) is 2.40. The van der Waals surface area contributed by atoms with Gasteiger partial charge in [-0.2, -0.15) is 0 Å². The van der Waals surface area contributed by atoms with Crippen LogP contribution in [0.1, 0.15) is 51.6 Å². The number of cyclic esters (lactones) is 2. The van der Waals surface area contributed by atoms with E-state index < -0.39 is 18.0 Å². The molecular weight excluding hydrogens is 232 g/mol. The summed E-state index contributed by atoms with van der Waals surface area (Å²) in [6, 6.07) is 3.57. The van der Waals surface area contributed by atoms with Gasteiger partial charge in [-0.25, -0.2) is 9.59 Å². The van der Waals surface area contributed by atoms with E-state index in [1.54, 1.807) is 13.0 Å². The van der Waals surface area contributed by atoms with Gasteiger partial charge in [-0.1, -0.05) is 13.0 Å². The SMILES string of the molecule is CC1COC(=O)c2ccc3c(c2C(=O)O1)CC3C. The second kappa shape index (κ2) is 3.83. The van der Waals surface area contributed by atoms with Gasteiger partial charge in [-0.3, -0.25) is 0 Å². The van der Waals surface area contributed by atoms with Gasteiger partial charge in [0.25, 0.3) is 0 Å². The van der Waals surface area contributed by atoms with Crippen molar-refractivity contribution in [3.8, 4) is 0 Å². The lowest BCUT2D eigenvalue weighted by molar-refractivity contribution is 0.000337. The fourth-order valence-corrected chi connectivity index (χ4v) is 2.58. The van der Waals surface area contributed by atoms with E-state index >= 15 is 0 Å². The van der Waals surface area contributed by atoms with Crippen molar-refractivity contribution in [1.29, 1.82) is 0 Å². The standard InChI is InChI=1S/C14H14O4/c1-7-5-11-9(7)3-4-10-12(11)14(16)18-8(2)6-17-13(10)15/h3-4,7-8H,5-6H2,1-2H3. The molecule has 94 valence electrons. The molecule has 4 heteroatoms. The summed E-state index contributed by atoms with van der Waals surface area (Å²) in [5, 5.41) is 0. The van der Waals surface area contributed by atoms with E-state index in [1.165, 1.54) is 0 Å². The van der Waals surface area contributed by atoms with Crippen molar-refractivity contribution in [2.24, 2.45) is 0 Å². The molecule has 1 aromatic rings. The molecule has 0 radical (unpaired) electrons. The third-order valence-electron chi connectivity index (χ3n) is 3.57. The second-order valence-electron chi connectivity index (χ2n) is 4.98. The lowest BCUT2D eigenvalue weighted by Gasteiger charge is -2.31. The topological polar surface area (TPSA) is 52.6 Å². The zero-order valence-corrected chi connectivity index (χ0v) is 10.4. The van der Waals surface area contributed by atoms with Crippen LogP contribution in [0.25, 0.3) is 0 Å². The molecule has 0 bridgehead atoms. The Morgan fingerprint density at radius 3 is 2.67 bits per heavy atom. The molecule has 2 atom stereocenters. The number of hydrogen-bond acceptors (Lipinski definition) is 4. The van der Waals surface area contributed by atoms with Crippen molar-refractivity contribution in [3.63, 3.8) is 0 Å².